The lowest BCUT2D eigenvalue weighted by atomic mass is 9.89. The zero-order valence-corrected chi connectivity index (χ0v) is 56.5. The van der Waals surface area contributed by atoms with Crippen LogP contribution >= 0.6 is 13.4 Å². The molecule has 9 rings (SSSR count). The van der Waals surface area contributed by atoms with E-state index in [-0.39, 0.29) is 98.2 Å². The number of amides is 6. The molecule has 7 heterocycles. The fourth-order valence-electron chi connectivity index (χ4n) is 10.3. The number of alkyl halides is 2. The Kier molecular flexibility index (Phi) is 25.6. The summed E-state index contributed by atoms with van der Waals surface area (Å²) in [6.07, 6.45) is -12.5. The van der Waals surface area contributed by atoms with Gasteiger partial charge in [0.25, 0.3) is 0 Å². The minimum absolute atomic E-state index is 0.00153. The van der Waals surface area contributed by atoms with Crippen molar-refractivity contribution in [2.45, 2.75) is 108 Å². The van der Waals surface area contributed by atoms with Gasteiger partial charge in [-0.3, -0.25) is 42.7 Å². The van der Waals surface area contributed by atoms with Crippen LogP contribution in [-0.2, 0) is 91.2 Å². The number of nitrogens with zero attached hydrogens (tertiary/aromatic N) is 9. The van der Waals surface area contributed by atoms with Crippen molar-refractivity contribution in [3.05, 3.63) is 84.2 Å². The molecule has 4 aromatic heterocycles. The van der Waals surface area contributed by atoms with Crippen molar-refractivity contribution in [3.8, 4) is 5.75 Å². The molecule has 0 radical (unpaired) electrons. The quantitative estimate of drug-likeness (QED) is 0.00674. The minimum Gasteiger partial charge on any atom is -0.447 e. The SMILES string of the molecule is CC(C)[C@H](NC(=O)CCOCCC(=O)Oc1c(F)c(F)c(F)c(F)c1F)C(=O)C[C@@H](CCCNC(N)=O)C(=O)Nc1ccc(COC(=O)N(C)CCOC(=O)Nc2ncnc3c2ncn3[C@@H]2O[C@@H]3COP(O)(=S)O[C@H]4[C@@H](F)[C@H](n5cnc6c(N)ncnc65)O[C@@H]4COP(O)(=S)O[C@H]3[C@H]2F)cc1. The number of fused-ring (bicyclic) bond motifs is 4. The van der Waals surface area contributed by atoms with Crippen molar-refractivity contribution in [1.29, 1.82) is 0 Å². The van der Waals surface area contributed by atoms with Crippen molar-refractivity contribution in [2.24, 2.45) is 17.6 Å². The van der Waals surface area contributed by atoms with E-state index in [9.17, 15) is 65.3 Å². The molecule has 6 aromatic rings. The molecule has 45 heteroatoms. The second kappa shape index (κ2) is 33.6. The van der Waals surface area contributed by atoms with Crippen LogP contribution in [0.2, 0.25) is 0 Å². The second-order valence-corrected chi connectivity index (χ2v) is 28.4. The van der Waals surface area contributed by atoms with Crippen LogP contribution in [0.15, 0.2) is 49.6 Å². The number of Topliss-reactive ketones (excluding diaryl/α,β-unsaturated/α-hetero) is 1. The molecule has 34 nitrogen and oxygen atoms in total. The lowest BCUT2D eigenvalue weighted by molar-refractivity contribution is -0.136. The molecular formula is C56H64F7N15O19P2S2. The van der Waals surface area contributed by atoms with Gasteiger partial charge >= 0.3 is 37.6 Å². The van der Waals surface area contributed by atoms with E-state index in [2.05, 4.69) is 55.9 Å². The highest BCUT2D eigenvalue weighted by Crippen LogP contribution is 2.55. The largest absolute Gasteiger partial charge is 0.447 e. The molecule has 3 aliphatic rings. The zero-order chi connectivity index (χ0) is 73.2. The summed E-state index contributed by atoms with van der Waals surface area (Å²) >= 11 is 10.5. The normalized spacial score (nSPS) is 23.5. The highest BCUT2D eigenvalue weighted by molar-refractivity contribution is 8.07. The Morgan fingerprint density at radius 2 is 1.32 bits per heavy atom. The van der Waals surface area contributed by atoms with E-state index in [4.69, 9.17) is 76.9 Å². The van der Waals surface area contributed by atoms with Crippen LogP contribution < -0.4 is 37.5 Å². The number of hydrogen-bond donors (Lipinski definition) is 8. The van der Waals surface area contributed by atoms with Crippen LogP contribution in [0.5, 0.6) is 5.75 Å². The van der Waals surface area contributed by atoms with Crippen molar-refractivity contribution < 1.29 is 121 Å². The first-order chi connectivity index (χ1) is 47.9. The number of rotatable bonds is 26. The van der Waals surface area contributed by atoms with Gasteiger partial charge in [-0.05, 0) is 60.1 Å². The third kappa shape index (κ3) is 19.3. The number of carbonyl (C=O) groups excluding carboxylic acids is 7. The first-order valence-corrected chi connectivity index (χ1v) is 35.5. The summed E-state index contributed by atoms with van der Waals surface area (Å²) in [5, 5.41) is 10.1. The Balaban J connectivity index is 0.713. The molecule has 6 amide bonds. The van der Waals surface area contributed by atoms with Crippen LogP contribution in [0, 0.1) is 40.9 Å². The summed E-state index contributed by atoms with van der Waals surface area (Å²) in [5.74, 6) is -18.5. The minimum atomic E-state index is -4.45. The van der Waals surface area contributed by atoms with Crippen LogP contribution in [0.1, 0.15) is 64.0 Å². The van der Waals surface area contributed by atoms with E-state index in [0.717, 1.165) is 28.4 Å². The smallest absolute Gasteiger partial charge is 0.412 e. The van der Waals surface area contributed by atoms with Crippen molar-refractivity contribution in [2.75, 3.05) is 69.5 Å². The number of carbonyl (C=O) groups is 7. The molecule has 3 aliphatic heterocycles. The first kappa shape index (κ1) is 76.9. The maximum absolute atomic E-state index is 16.7. The number of aromatic nitrogens is 8. The summed E-state index contributed by atoms with van der Waals surface area (Å²) in [6.45, 7) is -8.67. The van der Waals surface area contributed by atoms with Gasteiger partial charge in [0.15, 0.2) is 59.0 Å². The third-order valence-electron chi connectivity index (χ3n) is 15.4. The Bertz CT molecular complexity index is 4130. The fraction of sp³-hybridized carbons (Fsp3) is 0.482. The Hall–Kier alpha value is -8.32. The molecule has 3 saturated heterocycles. The molecular weight excluding hydrogens is 1450 g/mol. The van der Waals surface area contributed by atoms with Crippen LogP contribution in [0.25, 0.3) is 22.3 Å². The van der Waals surface area contributed by atoms with Crippen molar-refractivity contribution >= 4 is 118 Å². The number of nitrogens with one attached hydrogen (secondary N) is 4. The summed E-state index contributed by atoms with van der Waals surface area (Å²) in [4.78, 5) is 138. The van der Waals surface area contributed by atoms with Gasteiger partial charge in [0, 0.05) is 38.0 Å². The van der Waals surface area contributed by atoms with Crippen LogP contribution in [0.4, 0.5) is 62.4 Å². The standard InChI is InChI=1S/C56H64F7N15O19P2S2/c1-25(2)41(74-32(80)10-14-88-15-11-33(81)95-46-37(60)35(58)34(57)36(59)38(46)61)29(79)17-27(5-4-12-66-54(65)83)51(82)73-28-8-6-26(7-9-28)18-90-56(85)76(3)13-16-89-55(84)75-48-43-50(70-22-68-48)78(24-72-43)53-40(63)45-31(94-53)20-92-98(86,100)96-44-30(19-91-99(87,101)97-45)93-52(39(44)62)77-23-71-42-47(64)67-21-69-49(42)77/h6-9,21-25,27,30-31,39-41,44-45,52-53H,4-5,10-20H2,1-3H3,(H,73,82)(H,74,80)(H,86,100)(H,87,101)(H2,64,67,69)(H3,65,66,83)(H,68,70,75,84)/t27-,30-,31-,39-,40-,41+,44-,45-,52-,53-,98?,99?/m1/s1. The predicted molar refractivity (Wildman–Crippen MR) is 339 cm³/mol. The molecule has 3 fully saturated rings. The van der Waals surface area contributed by atoms with Gasteiger partial charge in [-0.2, -0.15) is 8.78 Å². The number of hydrogen-bond acceptors (Lipinski definition) is 26. The van der Waals surface area contributed by atoms with Gasteiger partial charge in [0.1, 0.15) is 55.8 Å². The zero-order valence-electron chi connectivity index (χ0n) is 53.0. The average molecular weight is 1510 g/mol. The highest BCUT2D eigenvalue weighted by atomic mass is 32.5. The molecule has 2 aromatic carbocycles. The number of ether oxygens (including phenoxy) is 6. The number of likely N-dealkylation sites (N-methyl/N-ethyl adjacent to an activating group) is 1. The van der Waals surface area contributed by atoms with Crippen molar-refractivity contribution in [1.82, 2.24) is 54.6 Å². The molecule has 12 atom stereocenters. The van der Waals surface area contributed by atoms with Crippen LogP contribution in [0.3, 0.4) is 0 Å². The Morgan fingerprint density at radius 3 is 1.91 bits per heavy atom. The number of benzene rings is 2. The summed E-state index contributed by atoms with van der Waals surface area (Å²) in [5.41, 5.74) is 11.9. The Morgan fingerprint density at radius 1 is 0.752 bits per heavy atom. The maximum atomic E-state index is 16.7. The van der Waals surface area contributed by atoms with E-state index in [1.807, 2.05) is 0 Å². The number of ketones is 1. The van der Waals surface area contributed by atoms with Gasteiger partial charge in [-0.25, -0.2) is 66.2 Å². The fourth-order valence-corrected chi connectivity index (χ4v) is 13.2. The lowest BCUT2D eigenvalue weighted by Gasteiger charge is -2.29. The molecule has 101 heavy (non-hydrogen) atoms. The Labute approximate surface area is 576 Å². The van der Waals surface area contributed by atoms with Gasteiger partial charge < -0.3 is 79.6 Å². The molecule has 0 spiro atoms. The van der Waals surface area contributed by atoms with Gasteiger partial charge in [-0.15, -0.1) is 0 Å². The maximum Gasteiger partial charge on any atom is 0.412 e. The first-order valence-electron chi connectivity index (χ1n) is 30.3. The summed E-state index contributed by atoms with van der Waals surface area (Å²) in [6, 6.07) is 4.15. The van der Waals surface area contributed by atoms with Crippen LogP contribution in [-0.4, -0.2) is 191 Å². The topological polar surface area (TPSA) is 443 Å². The van der Waals surface area contributed by atoms with E-state index in [1.165, 1.54) is 42.2 Å². The molecule has 0 saturated carbocycles. The number of esters is 1. The number of nitrogens with two attached hydrogens (primary N) is 2. The lowest BCUT2D eigenvalue weighted by Crippen LogP contribution is -2.45. The number of urea groups is 1. The van der Waals surface area contributed by atoms with Gasteiger partial charge in [-0.1, -0.05) is 26.0 Å². The number of primary amides is 1. The van der Waals surface area contributed by atoms with E-state index in [1.54, 1.807) is 13.8 Å². The van der Waals surface area contributed by atoms with Gasteiger partial charge in [0.05, 0.1) is 58.1 Å². The summed E-state index contributed by atoms with van der Waals surface area (Å²) in [7, 11) is 1.36. The number of anilines is 3. The van der Waals surface area contributed by atoms with E-state index < -0.39 is 183 Å². The molecule has 0 bridgehead atoms. The number of imidazole rings is 2. The molecule has 10 N–H and O–H groups in total. The van der Waals surface area contributed by atoms with Crippen molar-refractivity contribution in [3.63, 3.8) is 0 Å². The predicted octanol–water partition coefficient (Wildman–Crippen LogP) is 4.99. The summed E-state index contributed by atoms with van der Waals surface area (Å²) < 4.78 is 158. The monoisotopic (exact) mass is 1510 g/mol. The van der Waals surface area contributed by atoms with Gasteiger partial charge in [0.2, 0.25) is 46.6 Å². The molecule has 548 valence electrons. The molecule has 0 aliphatic carbocycles. The third-order valence-corrected chi connectivity index (χ3v) is 18.5. The number of nitrogen functional groups attached to an aromatic ring is 1. The highest BCUT2D eigenvalue weighted by Gasteiger charge is 2.54. The second-order valence-electron chi connectivity index (χ2n) is 22.8. The molecule has 2 unspecified atom stereocenters. The van der Waals surface area contributed by atoms with E-state index >= 15 is 8.78 Å². The van der Waals surface area contributed by atoms with E-state index in [0.29, 0.717) is 5.56 Å². The number of halogens is 7. The average Bonchev–Trinajstić information content (AvgIpc) is 1.64.